The fourth-order valence-electron chi connectivity index (χ4n) is 3.79. The van der Waals surface area contributed by atoms with Gasteiger partial charge in [-0.2, -0.15) is 14.6 Å². The maximum Gasteiger partial charge on any atom is 0.283 e. The van der Waals surface area contributed by atoms with Gasteiger partial charge in [-0.15, -0.1) is 0 Å². The van der Waals surface area contributed by atoms with E-state index < -0.39 is 11.3 Å². The Balaban J connectivity index is 1.63. The lowest BCUT2D eigenvalue weighted by Crippen LogP contribution is -2.17. The number of nitrogen functional groups attached to an aromatic ring is 1. The van der Waals surface area contributed by atoms with Crippen molar-refractivity contribution in [3.8, 4) is 0 Å². The standard InChI is InChI=1S/C20H20Cl2N4O2S/c21-14-9-12(10-15(22)17(14)27)8-13-18(23)26-20(24-19(13)28)29-16(25-26)7-6-11-4-2-1-3-5-11/h8-11H,1-7,23H2. The summed E-state index contributed by atoms with van der Waals surface area (Å²) in [4.78, 5) is 28.8. The van der Waals surface area contributed by atoms with Gasteiger partial charge >= 0.3 is 0 Å². The molecule has 2 aliphatic carbocycles. The van der Waals surface area contributed by atoms with Gasteiger partial charge in [0.1, 0.15) is 10.8 Å². The van der Waals surface area contributed by atoms with Crippen LogP contribution in [-0.4, -0.2) is 20.4 Å². The lowest BCUT2D eigenvalue weighted by molar-refractivity contribution is -0.111. The van der Waals surface area contributed by atoms with Crippen molar-refractivity contribution >= 4 is 57.2 Å². The van der Waals surface area contributed by atoms with Crippen LogP contribution in [0.4, 0.5) is 5.82 Å². The third-order valence-electron chi connectivity index (χ3n) is 5.36. The highest BCUT2D eigenvalue weighted by Crippen LogP contribution is 2.29. The predicted molar refractivity (Wildman–Crippen MR) is 117 cm³/mol. The summed E-state index contributed by atoms with van der Waals surface area (Å²) in [6.07, 6.45) is 12.9. The van der Waals surface area contributed by atoms with E-state index in [1.165, 1.54) is 66.2 Å². The van der Waals surface area contributed by atoms with Crippen LogP contribution >= 0.6 is 34.5 Å². The van der Waals surface area contributed by atoms with Crippen LogP contribution in [0.15, 0.2) is 32.6 Å². The third-order valence-corrected chi connectivity index (χ3v) is 6.89. The van der Waals surface area contributed by atoms with Crippen LogP contribution in [0.1, 0.15) is 49.1 Å². The molecule has 152 valence electrons. The van der Waals surface area contributed by atoms with Crippen LogP contribution in [0.5, 0.6) is 0 Å². The minimum absolute atomic E-state index is 0.0184. The number of fused-ring (bicyclic) bond motifs is 1. The summed E-state index contributed by atoms with van der Waals surface area (Å²) in [7, 11) is 0. The molecule has 9 heteroatoms. The highest BCUT2D eigenvalue weighted by molar-refractivity contribution is 7.16. The summed E-state index contributed by atoms with van der Waals surface area (Å²) in [5.41, 5.74) is 6.47. The number of hydrogen-bond acceptors (Lipinski definition) is 6. The van der Waals surface area contributed by atoms with Crippen molar-refractivity contribution in [3.63, 3.8) is 0 Å². The van der Waals surface area contributed by atoms with E-state index in [0.29, 0.717) is 10.5 Å². The van der Waals surface area contributed by atoms with Crippen LogP contribution in [-0.2, 0) is 11.2 Å². The number of allylic oxidation sites excluding steroid dienone is 5. The van der Waals surface area contributed by atoms with Gasteiger partial charge in [0.25, 0.3) is 5.56 Å². The zero-order valence-corrected chi connectivity index (χ0v) is 18.0. The molecule has 0 amide bonds. The van der Waals surface area contributed by atoms with Gasteiger partial charge in [-0.25, -0.2) is 0 Å². The van der Waals surface area contributed by atoms with Crippen molar-refractivity contribution in [3.05, 3.63) is 48.7 Å². The number of Topliss-reactive ketones (excluding diaryl/α,β-unsaturated/α-hetero) is 1. The number of aryl methyl sites for hydroxylation is 1. The molecular formula is C20H20Cl2N4O2S. The second kappa shape index (κ2) is 8.42. The molecule has 2 aromatic rings. The molecule has 0 aromatic carbocycles. The molecule has 0 aliphatic heterocycles. The molecule has 0 unspecified atom stereocenters. The average Bonchev–Trinajstić information content (AvgIpc) is 3.11. The topological polar surface area (TPSA) is 90.4 Å². The molecule has 0 saturated heterocycles. The molecule has 0 bridgehead atoms. The summed E-state index contributed by atoms with van der Waals surface area (Å²) >= 11 is 13.2. The Labute approximate surface area is 181 Å². The first-order chi connectivity index (χ1) is 13.9. The molecule has 2 N–H and O–H groups in total. The summed E-state index contributed by atoms with van der Waals surface area (Å²) in [6.45, 7) is 0. The van der Waals surface area contributed by atoms with Crippen molar-refractivity contribution in [2.24, 2.45) is 5.92 Å². The van der Waals surface area contributed by atoms with Crippen LogP contribution in [0.25, 0.3) is 11.0 Å². The van der Waals surface area contributed by atoms with E-state index in [1.54, 1.807) is 0 Å². The van der Waals surface area contributed by atoms with Gasteiger partial charge in [0, 0.05) is 6.42 Å². The summed E-state index contributed by atoms with van der Waals surface area (Å²) in [6, 6.07) is 0. The Hall–Kier alpha value is -1.96. The zero-order chi connectivity index (χ0) is 20.5. The van der Waals surface area contributed by atoms with E-state index in [9.17, 15) is 9.59 Å². The number of carbonyl (C=O) groups excluding carboxylic acids is 1. The second-order valence-corrected chi connectivity index (χ2v) is 9.26. The highest BCUT2D eigenvalue weighted by atomic mass is 35.5. The summed E-state index contributed by atoms with van der Waals surface area (Å²) in [5.74, 6) is 0.507. The minimum Gasteiger partial charge on any atom is -0.383 e. The molecule has 1 fully saturated rings. The molecule has 4 rings (SSSR count). The number of hydrogen-bond donors (Lipinski definition) is 1. The van der Waals surface area contributed by atoms with Crippen LogP contribution in [0.3, 0.4) is 0 Å². The Bertz CT molecular complexity index is 1100. The maximum absolute atomic E-state index is 12.5. The molecule has 0 atom stereocenters. The van der Waals surface area contributed by atoms with E-state index >= 15 is 0 Å². The molecule has 0 radical (unpaired) electrons. The number of nitrogens with two attached hydrogens (primary N) is 1. The van der Waals surface area contributed by atoms with Crippen LogP contribution in [0, 0.1) is 5.92 Å². The summed E-state index contributed by atoms with van der Waals surface area (Å²) in [5, 5.41) is 5.46. The normalized spacial score (nSPS) is 18.1. The number of rotatable bonds is 4. The quantitative estimate of drug-likeness (QED) is 0.742. The van der Waals surface area contributed by atoms with Gasteiger partial charge in [0.2, 0.25) is 10.7 Å². The molecular weight excluding hydrogens is 431 g/mol. The Kier molecular flexibility index (Phi) is 5.90. The fraction of sp³-hybridized carbons (Fsp3) is 0.400. The van der Waals surface area contributed by atoms with Crippen LogP contribution in [0.2, 0.25) is 0 Å². The van der Waals surface area contributed by atoms with Crippen molar-refractivity contribution in [2.45, 2.75) is 44.9 Å². The monoisotopic (exact) mass is 450 g/mol. The predicted octanol–water partition coefficient (Wildman–Crippen LogP) is 4.46. The molecule has 2 aromatic heterocycles. The third kappa shape index (κ3) is 4.32. The van der Waals surface area contributed by atoms with E-state index in [-0.39, 0.29) is 21.4 Å². The van der Waals surface area contributed by atoms with Gasteiger partial charge in [-0.3, -0.25) is 9.59 Å². The van der Waals surface area contributed by atoms with E-state index in [1.807, 2.05) is 0 Å². The second-order valence-electron chi connectivity index (χ2n) is 7.41. The Morgan fingerprint density at radius 3 is 2.55 bits per heavy atom. The van der Waals surface area contributed by atoms with Gasteiger partial charge in [0.15, 0.2) is 0 Å². The van der Waals surface area contributed by atoms with Crippen molar-refractivity contribution in [1.29, 1.82) is 0 Å². The molecule has 2 aliphatic rings. The molecule has 29 heavy (non-hydrogen) atoms. The lowest BCUT2D eigenvalue weighted by atomic mass is 9.86. The van der Waals surface area contributed by atoms with Gasteiger partial charge < -0.3 is 5.73 Å². The van der Waals surface area contributed by atoms with Crippen molar-refractivity contribution in [1.82, 2.24) is 14.6 Å². The molecule has 2 heterocycles. The first-order valence-electron chi connectivity index (χ1n) is 9.61. The Morgan fingerprint density at radius 1 is 1.17 bits per heavy atom. The maximum atomic E-state index is 12.5. The largest absolute Gasteiger partial charge is 0.383 e. The Morgan fingerprint density at radius 2 is 1.86 bits per heavy atom. The number of aromatic nitrogens is 3. The first kappa shape index (κ1) is 20.3. The molecule has 0 spiro atoms. The van der Waals surface area contributed by atoms with E-state index in [0.717, 1.165) is 23.8 Å². The molecule has 1 saturated carbocycles. The van der Waals surface area contributed by atoms with Gasteiger partial charge in [-0.05, 0) is 36.1 Å². The van der Waals surface area contributed by atoms with E-state index in [2.05, 4.69) is 10.1 Å². The number of halogens is 2. The lowest BCUT2D eigenvalue weighted by Gasteiger charge is -2.20. The molecule has 6 nitrogen and oxygen atoms in total. The van der Waals surface area contributed by atoms with Crippen molar-refractivity contribution < 1.29 is 4.79 Å². The fourth-order valence-corrected chi connectivity index (χ4v) is 5.20. The number of nitrogens with zero attached hydrogens (tertiary/aromatic N) is 3. The number of ketones is 1. The smallest absolute Gasteiger partial charge is 0.283 e. The van der Waals surface area contributed by atoms with Crippen LogP contribution < -0.4 is 11.3 Å². The van der Waals surface area contributed by atoms with Gasteiger partial charge in [-0.1, -0.05) is 66.6 Å². The zero-order valence-electron chi connectivity index (χ0n) is 15.7. The minimum atomic E-state index is -0.455. The van der Waals surface area contributed by atoms with E-state index in [4.69, 9.17) is 28.9 Å². The van der Waals surface area contributed by atoms with Crippen molar-refractivity contribution in [2.75, 3.05) is 5.73 Å². The summed E-state index contributed by atoms with van der Waals surface area (Å²) < 4.78 is 1.51. The average molecular weight is 451 g/mol. The SMILES string of the molecule is Nc1c(C=C2C=C(Cl)C(=O)C(Cl)=C2)c(=O)nc2sc(CCC3CCCCC3)nn12. The number of anilines is 1. The van der Waals surface area contributed by atoms with Gasteiger partial charge in [0.05, 0.1) is 15.6 Å². The first-order valence-corrected chi connectivity index (χ1v) is 11.2. The highest BCUT2D eigenvalue weighted by Gasteiger charge is 2.19. The number of carbonyl (C=O) groups is 1.